The maximum absolute atomic E-state index is 13.4. The van der Waals surface area contributed by atoms with Crippen molar-refractivity contribution >= 4 is 17.7 Å². The summed E-state index contributed by atoms with van der Waals surface area (Å²) in [5.41, 5.74) is 6.70. The molecule has 0 spiro atoms. The van der Waals surface area contributed by atoms with Crippen molar-refractivity contribution in [3.8, 4) is 0 Å². The highest BCUT2D eigenvalue weighted by Gasteiger charge is 2.49. The first-order valence-corrected chi connectivity index (χ1v) is 10.1. The van der Waals surface area contributed by atoms with Gasteiger partial charge in [0, 0.05) is 6.07 Å². The van der Waals surface area contributed by atoms with Crippen LogP contribution in [0.15, 0.2) is 35.5 Å². The van der Waals surface area contributed by atoms with Crippen molar-refractivity contribution in [2.24, 2.45) is 10.9 Å². The lowest BCUT2D eigenvalue weighted by Gasteiger charge is -2.26. The summed E-state index contributed by atoms with van der Waals surface area (Å²) in [5.74, 6) is -1.42. The fraction of sp³-hybridized carbons (Fsp3) is 0.429. The van der Waals surface area contributed by atoms with E-state index in [-0.39, 0.29) is 11.9 Å². The summed E-state index contributed by atoms with van der Waals surface area (Å²) in [6.07, 6.45) is -1.42. The molecule has 2 heterocycles. The van der Waals surface area contributed by atoms with Crippen LogP contribution in [0.5, 0.6) is 0 Å². The molecule has 1 aromatic heterocycles. The maximum Gasteiger partial charge on any atom is 0.385 e. The molecule has 4 rings (SSSR count). The van der Waals surface area contributed by atoms with Crippen LogP contribution < -0.4 is 11.1 Å². The summed E-state index contributed by atoms with van der Waals surface area (Å²) in [5, 5.41) is 10.2. The van der Waals surface area contributed by atoms with Gasteiger partial charge in [-0.3, -0.25) is 9.48 Å². The molecular weight excluding hydrogens is 424 g/mol. The summed E-state index contributed by atoms with van der Waals surface area (Å²) in [4.78, 5) is 29.3. The Hall–Kier alpha value is -3.34. The van der Waals surface area contributed by atoms with Crippen LogP contribution in [0.3, 0.4) is 0 Å². The van der Waals surface area contributed by atoms with E-state index < -0.39 is 41.6 Å². The van der Waals surface area contributed by atoms with Gasteiger partial charge in [-0.2, -0.15) is 5.10 Å². The Labute approximate surface area is 182 Å². The molecule has 2 aromatic rings. The van der Waals surface area contributed by atoms with Gasteiger partial charge < -0.3 is 20.6 Å². The number of amidine groups is 1. The van der Waals surface area contributed by atoms with E-state index in [9.17, 15) is 18.4 Å². The van der Waals surface area contributed by atoms with Crippen molar-refractivity contribution in [1.29, 1.82) is 0 Å². The Morgan fingerprint density at radius 1 is 1.38 bits per heavy atom. The molecule has 0 bridgehead atoms. The molecule has 1 aliphatic carbocycles. The first kappa shape index (κ1) is 21.9. The minimum Gasteiger partial charge on any atom is -0.384 e. The molecule has 9 nitrogen and oxygen atoms in total. The van der Waals surface area contributed by atoms with Crippen LogP contribution in [0.2, 0.25) is 0 Å². The van der Waals surface area contributed by atoms with Gasteiger partial charge in [0.1, 0.15) is 12.2 Å². The van der Waals surface area contributed by atoms with E-state index in [0.717, 1.165) is 34.7 Å². The fourth-order valence-electron chi connectivity index (χ4n) is 3.68. The average molecular weight is 447 g/mol. The van der Waals surface area contributed by atoms with Crippen LogP contribution in [-0.2, 0) is 26.3 Å². The SMILES string of the molecule is Cc1ccccc1C1(/C(N)=N/OC(=O)c2cc(C(F)F)n(CC(=O)NC3COC3)n2)CC1. The number of oxime groups is 1. The predicted octanol–water partition coefficient (Wildman–Crippen LogP) is 1.80. The monoisotopic (exact) mass is 447 g/mol. The van der Waals surface area contributed by atoms with Gasteiger partial charge in [-0.05, 0) is 30.9 Å². The molecule has 2 fully saturated rings. The molecular formula is C21H23F2N5O4. The number of benzene rings is 1. The number of ether oxygens (including phenoxy) is 1. The van der Waals surface area contributed by atoms with Gasteiger partial charge in [0.15, 0.2) is 11.5 Å². The van der Waals surface area contributed by atoms with Crippen LogP contribution in [0, 0.1) is 6.92 Å². The zero-order valence-electron chi connectivity index (χ0n) is 17.4. The van der Waals surface area contributed by atoms with Gasteiger partial charge in [-0.15, -0.1) is 0 Å². The molecule has 170 valence electrons. The number of hydrogen-bond donors (Lipinski definition) is 2. The average Bonchev–Trinajstić information content (AvgIpc) is 3.42. The molecule has 3 N–H and O–H groups in total. The minimum atomic E-state index is -2.94. The maximum atomic E-state index is 13.4. The third-order valence-corrected chi connectivity index (χ3v) is 5.67. The lowest BCUT2D eigenvalue weighted by Crippen LogP contribution is -2.49. The van der Waals surface area contributed by atoms with Crippen molar-refractivity contribution in [1.82, 2.24) is 15.1 Å². The quantitative estimate of drug-likeness (QED) is 0.276. The number of nitrogens with two attached hydrogens (primary N) is 1. The summed E-state index contributed by atoms with van der Waals surface area (Å²) in [6.45, 7) is 2.23. The molecule has 1 aliphatic heterocycles. The first-order valence-electron chi connectivity index (χ1n) is 10.1. The summed E-state index contributed by atoms with van der Waals surface area (Å²) < 4.78 is 32.5. The molecule has 1 aromatic carbocycles. The first-order chi connectivity index (χ1) is 15.3. The van der Waals surface area contributed by atoms with Gasteiger partial charge in [0.25, 0.3) is 6.43 Å². The topological polar surface area (TPSA) is 121 Å². The van der Waals surface area contributed by atoms with E-state index in [4.69, 9.17) is 15.3 Å². The second kappa shape index (κ2) is 8.65. The number of nitrogens with zero attached hydrogens (tertiary/aromatic N) is 3. The summed E-state index contributed by atoms with van der Waals surface area (Å²) in [7, 11) is 0. The second-order valence-corrected chi connectivity index (χ2v) is 7.97. The fourth-order valence-corrected chi connectivity index (χ4v) is 3.68. The Bertz CT molecular complexity index is 1060. The normalized spacial score (nSPS) is 17.7. The highest BCUT2D eigenvalue weighted by Crippen LogP contribution is 2.49. The number of carbonyl (C=O) groups excluding carboxylic acids is 2. The van der Waals surface area contributed by atoms with Crippen LogP contribution >= 0.6 is 0 Å². The standard InChI is InChI=1S/C21H23F2N5O4/c1-12-4-2-3-5-14(12)21(6-7-21)20(24)27-32-19(30)15-8-16(18(22)23)28(26-15)9-17(29)25-13-10-31-11-13/h2-5,8,13,18H,6-7,9-11H2,1H3,(H2,24,27)(H,25,29). The van der Waals surface area contributed by atoms with Crippen molar-refractivity contribution < 1.29 is 27.9 Å². The van der Waals surface area contributed by atoms with Gasteiger partial charge in [0.05, 0.1) is 24.7 Å². The Kier molecular flexibility index (Phi) is 5.92. The minimum absolute atomic E-state index is 0.135. The van der Waals surface area contributed by atoms with Gasteiger partial charge in [-0.25, -0.2) is 13.6 Å². The molecule has 1 amide bonds. The summed E-state index contributed by atoms with van der Waals surface area (Å²) in [6, 6.07) is 8.45. The smallest absolute Gasteiger partial charge is 0.384 e. The van der Waals surface area contributed by atoms with E-state index in [1.807, 2.05) is 31.2 Å². The lowest BCUT2D eigenvalue weighted by atomic mass is 9.91. The number of amides is 1. The van der Waals surface area contributed by atoms with E-state index in [0.29, 0.717) is 13.2 Å². The van der Waals surface area contributed by atoms with Crippen LogP contribution in [-0.4, -0.2) is 46.7 Å². The Morgan fingerprint density at radius 3 is 2.69 bits per heavy atom. The zero-order valence-corrected chi connectivity index (χ0v) is 17.4. The second-order valence-electron chi connectivity index (χ2n) is 7.97. The van der Waals surface area contributed by atoms with Crippen LogP contribution in [0.25, 0.3) is 0 Å². The third-order valence-electron chi connectivity index (χ3n) is 5.67. The van der Waals surface area contributed by atoms with Gasteiger partial charge in [-0.1, -0.05) is 29.4 Å². The highest BCUT2D eigenvalue weighted by atomic mass is 19.3. The lowest BCUT2D eigenvalue weighted by molar-refractivity contribution is -0.126. The molecule has 1 saturated carbocycles. The van der Waals surface area contributed by atoms with Crippen molar-refractivity contribution in [2.75, 3.05) is 13.2 Å². The van der Waals surface area contributed by atoms with Crippen LogP contribution in [0.1, 0.15) is 46.6 Å². The zero-order chi connectivity index (χ0) is 22.9. The highest BCUT2D eigenvalue weighted by molar-refractivity contribution is 5.95. The Balaban J connectivity index is 1.46. The predicted molar refractivity (Wildman–Crippen MR) is 109 cm³/mol. The third kappa shape index (κ3) is 4.33. The van der Waals surface area contributed by atoms with E-state index in [2.05, 4.69) is 15.6 Å². The van der Waals surface area contributed by atoms with E-state index in [1.165, 1.54) is 0 Å². The largest absolute Gasteiger partial charge is 0.385 e. The summed E-state index contributed by atoms with van der Waals surface area (Å²) >= 11 is 0. The van der Waals surface area contributed by atoms with Gasteiger partial charge >= 0.3 is 5.97 Å². The number of aromatic nitrogens is 2. The number of alkyl halides is 2. The van der Waals surface area contributed by atoms with Crippen LogP contribution in [0.4, 0.5) is 8.78 Å². The number of halogens is 2. The number of carbonyl (C=O) groups is 2. The number of hydrogen-bond acceptors (Lipinski definition) is 6. The molecule has 2 aliphatic rings. The number of rotatable bonds is 8. The van der Waals surface area contributed by atoms with E-state index >= 15 is 0 Å². The molecule has 1 saturated heterocycles. The van der Waals surface area contributed by atoms with Crippen molar-refractivity contribution in [3.63, 3.8) is 0 Å². The molecule has 11 heteroatoms. The molecule has 0 radical (unpaired) electrons. The van der Waals surface area contributed by atoms with Gasteiger partial charge in [0.2, 0.25) is 5.91 Å². The van der Waals surface area contributed by atoms with E-state index in [1.54, 1.807) is 0 Å². The number of aryl methyl sites for hydroxylation is 1. The van der Waals surface area contributed by atoms with Crippen molar-refractivity contribution in [3.05, 3.63) is 52.8 Å². The van der Waals surface area contributed by atoms with Crippen molar-refractivity contribution in [2.45, 2.75) is 44.2 Å². The Morgan fingerprint density at radius 2 is 2.09 bits per heavy atom. The molecule has 32 heavy (non-hydrogen) atoms. The molecule has 0 atom stereocenters. The number of nitrogens with one attached hydrogen (secondary N) is 1. The molecule has 0 unspecified atom stereocenters.